The normalized spacial score (nSPS) is 10.9. The number of amides is 1. The summed E-state index contributed by atoms with van der Waals surface area (Å²) in [5.41, 5.74) is 3.95. The van der Waals surface area contributed by atoms with Crippen LogP contribution >= 0.6 is 22.7 Å². The Balaban J connectivity index is 1.36. The Morgan fingerprint density at radius 2 is 2.07 bits per heavy atom. The number of hydrogen-bond donors (Lipinski definition) is 1. The number of carbonyl (C=O) groups excluding carboxylic acids is 1. The van der Waals surface area contributed by atoms with Crippen LogP contribution in [0.1, 0.15) is 20.9 Å². The van der Waals surface area contributed by atoms with Gasteiger partial charge in [-0.05, 0) is 42.5 Å². The zero-order valence-electron chi connectivity index (χ0n) is 14.8. The Morgan fingerprint density at radius 3 is 2.85 bits per heavy atom. The van der Waals surface area contributed by atoms with E-state index in [0.717, 1.165) is 33.9 Å². The molecule has 4 aromatic rings. The summed E-state index contributed by atoms with van der Waals surface area (Å²) >= 11 is 3.07. The predicted octanol–water partition coefficient (Wildman–Crippen LogP) is 4.34. The third kappa shape index (κ3) is 3.99. The molecule has 0 bridgehead atoms. The number of aryl methyl sites for hydroxylation is 1. The molecule has 0 radical (unpaired) electrons. The number of aromatic nitrogens is 3. The molecule has 0 saturated carbocycles. The number of thiophene rings is 1. The molecule has 4 rings (SSSR count). The average molecular weight is 395 g/mol. The van der Waals surface area contributed by atoms with Crippen molar-refractivity contribution in [3.8, 4) is 16.3 Å². The molecule has 1 aromatic carbocycles. The molecule has 7 heteroatoms. The number of para-hydroxylation sites is 1. The summed E-state index contributed by atoms with van der Waals surface area (Å²) in [6.45, 7) is 2.44. The van der Waals surface area contributed by atoms with E-state index in [0.29, 0.717) is 11.4 Å². The van der Waals surface area contributed by atoms with Gasteiger partial charge in [-0.3, -0.25) is 4.79 Å². The van der Waals surface area contributed by atoms with Gasteiger partial charge in [-0.2, -0.15) is 16.4 Å². The molecule has 1 N–H and O–H groups in total. The lowest BCUT2D eigenvalue weighted by Crippen LogP contribution is -2.25. The van der Waals surface area contributed by atoms with Crippen molar-refractivity contribution in [2.75, 3.05) is 6.54 Å². The minimum absolute atomic E-state index is 0.0677. The molecule has 0 saturated heterocycles. The Bertz CT molecular complexity index is 1040. The summed E-state index contributed by atoms with van der Waals surface area (Å²) in [5.74, 6) is -0.0677. The van der Waals surface area contributed by atoms with Crippen LogP contribution in [0.2, 0.25) is 0 Å². The van der Waals surface area contributed by atoms with E-state index in [1.165, 1.54) is 11.3 Å². The number of carbonyl (C=O) groups is 1. The van der Waals surface area contributed by atoms with Crippen molar-refractivity contribution in [1.29, 1.82) is 0 Å². The van der Waals surface area contributed by atoms with Gasteiger partial charge in [0, 0.05) is 23.7 Å². The van der Waals surface area contributed by atoms with Gasteiger partial charge in [-0.1, -0.05) is 18.2 Å². The van der Waals surface area contributed by atoms with Crippen LogP contribution in [0.4, 0.5) is 0 Å². The zero-order valence-corrected chi connectivity index (χ0v) is 16.4. The average Bonchev–Trinajstić information content (AvgIpc) is 3.43. The van der Waals surface area contributed by atoms with Crippen molar-refractivity contribution >= 4 is 28.6 Å². The number of benzene rings is 1. The van der Waals surface area contributed by atoms with Crippen molar-refractivity contribution in [3.05, 3.63) is 75.7 Å². The number of hydrogen-bond acceptors (Lipinski definition) is 5. The smallest absolute Gasteiger partial charge is 0.263 e. The largest absolute Gasteiger partial charge is 0.351 e. The van der Waals surface area contributed by atoms with E-state index >= 15 is 0 Å². The third-order valence-corrected chi connectivity index (χ3v) is 6.02. The van der Waals surface area contributed by atoms with Gasteiger partial charge in [-0.25, -0.2) is 9.67 Å². The van der Waals surface area contributed by atoms with Crippen LogP contribution in [0.15, 0.2) is 59.6 Å². The number of nitrogens with zero attached hydrogens (tertiary/aromatic N) is 3. The van der Waals surface area contributed by atoms with Crippen LogP contribution in [0, 0.1) is 6.92 Å². The highest BCUT2D eigenvalue weighted by Crippen LogP contribution is 2.29. The highest BCUT2D eigenvalue weighted by molar-refractivity contribution is 7.17. The molecule has 0 spiro atoms. The topological polar surface area (TPSA) is 59.8 Å². The van der Waals surface area contributed by atoms with E-state index < -0.39 is 0 Å². The Morgan fingerprint density at radius 1 is 1.22 bits per heavy atom. The van der Waals surface area contributed by atoms with E-state index in [4.69, 9.17) is 0 Å². The number of nitrogens with one attached hydrogen (secondary N) is 1. The maximum absolute atomic E-state index is 12.5. The van der Waals surface area contributed by atoms with E-state index in [1.54, 1.807) is 11.3 Å². The molecule has 3 aromatic heterocycles. The van der Waals surface area contributed by atoms with Crippen LogP contribution in [0.3, 0.4) is 0 Å². The summed E-state index contributed by atoms with van der Waals surface area (Å²) in [6.07, 6.45) is 4.56. The Labute approximate surface area is 165 Å². The molecule has 1 amide bonds. The number of rotatable bonds is 6. The first-order valence-electron chi connectivity index (χ1n) is 8.58. The van der Waals surface area contributed by atoms with Gasteiger partial charge < -0.3 is 5.32 Å². The van der Waals surface area contributed by atoms with Crippen LogP contribution in [-0.2, 0) is 6.42 Å². The van der Waals surface area contributed by atoms with Crippen molar-refractivity contribution < 1.29 is 4.79 Å². The Hall–Kier alpha value is -2.77. The minimum atomic E-state index is -0.0677. The van der Waals surface area contributed by atoms with Gasteiger partial charge >= 0.3 is 0 Å². The highest BCUT2D eigenvalue weighted by Gasteiger charge is 2.16. The Kier molecular flexibility index (Phi) is 5.13. The molecule has 3 heterocycles. The second kappa shape index (κ2) is 7.85. The van der Waals surface area contributed by atoms with Crippen molar-refractivity contribution in [1.82, 2.24) is 20.1 Å². The predicted molar refractivity (Wildman–Crippen MR) is 110 cm³/mol. The molecule has 0 aliphatic rings. The van der Waals surface area contributed by atoms with Crippen molar-refractivity contribution in [2.24, 2.45) is 0 Å². The monoisotopic (exact) mass is 394 g/mol. The fraction of sp³-hybridized carbons (Fsp3) is 0.150. The summed E-state index contributed by atoms with van der Waals surface area (Å²) in [7, 11) is 0. The molecule has 27 heavy (non-hydrogen) atoms. The standard InChI is InChI=1S/C20H18N4OS2/c1-14-18(27-20(23-14)16-8-10-26-13-16)19(25)21-9-7-15-11-22-24(12-15)17-5-3-2-4-6-17/h2-6,8,10-13H,7,9H2,1H3,(H,21,25). The molecule has 5 nitrogen and oxygen atoms in total. The summed E-state index contributed by atoms with van der Waals surface area (Å²) < 4.78 is 1.84. The maximum atomic E-state index is 12.5. The van der Waals surface area contributed by atoms with Gasteiger partial charge in [0.1, 0.15) is 9.88 Å². The van der Waals surface area contributed by atoms with Gasteiger partial charge in [0.05, 0.1) is 17.6 Å². The molecular formula is C20H18N4OS2. The van der Waals surface area contributed by atoms with Gasteiger partial charge in [0.25, 0.3) is 5.91 Å². The first-order valence-corrected chi connectivity index (χ1v) is 10.3. The van der Waals surface area contributed by atoms with Gasteiger partial charge in [-0.15, -0.1) is 11.3 Å². The third-order valence-electron chi connectivity index (χ3n) is 4.13. The van der Waals surface area contributed by atoms with E-state index in [2.05, 4.69) is 15.4 Å². The lowest BCUT2D eigenvalue weighted by Gasteiger charge is -2.03. The number of thiazole rings is 1. The molecule has 0 fully saturated rings. The summed E-state index contributed by atoms with van der Waals surface area (Å²) in [5, 5.41) is 12.3. The van der Waals surface area contributed by atoms with E-state index in [9.17, 15) is 4.79 Å². The first-order chi connectivity index (χ1) is 13.2. The fourth-order valence-corrected chi connectivity index (χ4v) is 4.42. The minimum Gasteiger partial charge on any atom is -0.351 e. The molecule has 0 atom stereocenters. The van der Waals surface area contributed by atoms with Gasteiger partial charge in [0.2, 0.25) is 0 Å². The molecule has 136 valence electrons. The molecule has 0 unspecified atom stereocenters. The lowest BCUT2D eigenvalue weighted by atomic mass is 10.2. The van der Waals surface area contributed by atoms with Crippen LogP contribution < -0.4 is 5.32 Å². The van der Waals surface area contributed by atoms with Crippen molar-refractivity contribution in [3.63, 3.8) is 0 Å². The second-order valence-corrected chi connectivity index (χ2v) is 7.86. The fourth-order valence-electron chi connectivity index (χ4n) is 2.73. The lowest BCUT2D eigenvalue weighted by molar-refractivity contribution is 0.0957. The van der Waals surface area contributed by atoms with Crippen LogP contribution in [-0.4, -0.2) is 27.2 Å². The van der Waals surface area contributed by atoms with E-state index in [-0.39, 0.29) is 5.91 Å². The van der Waals surface area contributed by atoms with Gasteiger partial charge in [0.15, 0.2) is 0 Å². The maximum Gasteiger partial charge on any atom is 0.263 e. The highest BCUT2D eigenvalue weighted by atomic mass is 32.1. The van der Waals surface area contributed by atoms with Crippen molar-refractivity contribution in [2.45, 2.75) is 13.3 Å². The summed E-state index contributed by atoms with van der Waals surface area (Å²) in [4.78, 5) is 17.7. The quantitative estimate of drug-likeness (QED) is 0.529. The second-order valence-electron chi connectivity index (χ2n) is 6.08. The molecule has 0 aliphatic heterocycles. The van der Waals surface area contributed by atoms with E-state index in [1.807, 2.05) is 71.2 Å². The zero-order chi connectivity index (χ0) is 18.6. The van der Waals surface area contributed by atoms with Crippen LogP contribution in [0.5, 0.6) is 0 Å². The molecule has 0 aliphatic carbocycles. The first kappa shape index (κ1) is 17.6. The van der Waals surface area contributed by atoms with Crippen LogP contribution in [0.25, 0.3) is 16.3 Å². The summed E-state index contributed by atoms with van der Waals surface area (Å²) in [6, 6.07) is 12.0. The SMILES string of the molecule is Cc1nc(-c2ccsc2)sc1C(=O)NCCc1cnn(-c2ccccc2)c1. The molecular weight excluding hydrogens is 376 g/mol.